The average molecular weight is 348 g/mol. The lowest BCUT2D eigenvalue weighted by molar-refractivity contribution is -0.119. The van der Waals surface area contributed by atoms with E-state index < -0.39 is 0 Å². The first kappa shape index (κ1) is 18.9. The van der Waals surface area contributed by atoms with E-state index in [0.717, 1.165) is 5.56 Å². The molecule has 2 aromatic rings. The predicted molar refractivity (Wildman–Crippen MR) is 102 cm³/mol. The van der Waals surface area contributed by atoms with E-state index in [2.05, 4.69) is 10.6 Å². The number of nitrogens with one attached hydrogen (secondary N) is 2. The zero-order valence-electron chi connectivity index (χ0n) is 14.4. The molecule has 0 aliphatic heterocycles. The molecule has 0 spiro atoms. The minimum atomic E-state index is -0.364. The van der Waals surface area contributed by atoms with E-state index in [1.165, 1.54) is 0 Å². The van der Waals surface area contributed by atoms with Crippen LogP contribution in [0.4, 0.5) is 0 Å². The van der Waals surface area contributed by atoms with Crippen molar-refractivity contribution in [1.29, 1.82) is 0 Å². The van der Waals surface area contributed by atoms with Gasteiger partial charge in [0.2, 0.25) is 0 Å². The molecule has 0 heterocycles. The van der Waals surface area contributed by atoms with Crippen molar-refractivity contribution in [2.45, 2.75) is 0 Å². The number of ketones is 1. The molecule has 5 heteroatoms. The molecular weight excluding hydrogens is 328 g/mol. The van der Waals surface area contributed by atoms with Gasteiger partial charge in [0.1, 0.15) is 6.29 Å². The Balaban J connectivity index is 2.13. The van der Waals surface area contributed by atoms with E-state index in [1.807, 2.05) is 30.3 Å². The van der Waals surface area contributed by atoms with Crippen LogP contribution in [0.25, 0.3) is 6.08 Å². The van der Waals surface area contributed by atoms with Crippen LogP contribution in [0.5, 0.6) is 0 Å². The van der Waals surface area contributed by atoms with Crippen molar-refractivity contribution >= 4 is 24.1 Å². The minimum absolute atomic E-state index is 0.0365. The molecule has 0 bridgehead atoms. The first-order valence-corrected chi connectivity index (χ1v) is 8.13. The molecule has 0 aliphatic rings. The van der Waals surface area contributed by atoms with E-state index in [0.29, 0.717) is 23.1 Å². The number of amides is 1. The number of likely N-dealkylation sites (N-methyl/N-ethyl adjacent to an activating group) is 1. The van der Waals surface area contributed by atoms with Gasteiger partial charge in [0.25, 0.3) is 5.91 Å². The second-order valence-electron chi connectivity index (χ2n) is 5.39. The van der Waals surface area contributed by atoms with E-state index in [1.54, 1.807) is 49.5 Å². The topological polar surface area (TPSA) is 75.3 Å². The number of hydrogen-bond acceptors (Lipinski definition) is 4. The summed E-state index contributed by atoms with van der Waals surface area (Å²) in [5.74, 6) is -0.405. The SMILES string of the molecule is CN/C(=C\C=C\c1cccc(C(=O)c2ccccc2)c1)C(=O)NCC=O. The molecule has 0 unspecified atom stereocenters. The molecule has 2 aromatic carbocycles. The Morgan fingerprint density at radius 2 is 1.73 bits per heavy atom. The Morgan fingerprint density at radius 1 is 1.00 bits per heavy atom. The van der Waals surface area contributed by atoms with Gasteiger partial charge < -0.3 is 15.4 Å². The normalized spacial score (nSPS) is 11.2. The Morgan fingerprint density at radius 3 is 2.42 bits per heavy atom. The number of carbonyl (C=O) groups is 3. The maximum Gasteiger partial charge on any atom is 0.267 e. The van der Waals surface area contributed by atoms with Gasteiger partial charge in [0.15, 0.2) is 5.78 Å². The fraction of sp³-hybridized carbons (Fsp3) is 0.0952. The second kappa shape index (κ2) is 9.74. The van der Waals surface area contributed by atoms with Crippen molar-refractivity contribution < 1.29 is 14.4 Å². The van der Waals surface area contributed by atoms with Crippen LogP contribution in [-0.2, 0) is 9.59 Å². The number of carbonyl (C=O) groups excluding carboxylic acids is 3. The maximum atomic E-state index is 12.5. The van der Waals surface area contributed by atoms with Crippen LogP contribution in [-0.4, -0.2) is 31.6 Å². The monoisotopic (exact) mass is 348 g/mol. The number of benzene rings is 2. The third kappa shape index (κ3) is 5.27. The highest BCUT2D eigenvalue weighted by molar-refractivity contribution is 6.09. The van der Waals surface area contributed by atoms with Gasteiger partial charge >= 0.3 is 0 Å². The van der Waals surface area contributed by atoms with Crippen molar-refractivity contribution in [2.75, 3.05) is 13.6 Å². The van der Waals surface area contributed by atoms with Gasteiger partial charge in [0, 0.05) is 18.2 Å². The summed E-state index contributed by atoms with van der Waals surface area (Å²) < 4.78 is 0. The summed E-state index contributed by atoms with van der Waals surface area (Å²) in [5, 5.41) is 5.23. The van der Waals surface area contributed by atoms with Crippen LogP contribution in [0.1, 0.15) is 21.5 Å². The van der Waals surface area contributed by atoms with Crippen molar-refractivity contribution in [3.8, 4) is 0 Å². The lowest BCUT2D eigenvalue weighted by Gasteiger charge is -2.05. The summed E-state index contributed by atoms with van der Waals surface area (Å²) in [5.41, 5.74) is 2.41. The Kier molecular flexibility index (Phi) is 7.06. The fourth-order valence-corrected chi connectivity index (χ4v) is 2.30. The Bertz CT molecular complexity index is 839. The van der Waals surface area contributed by atoms with Crippen LogP contribution in [0.15, 0.2) is 72.4 Å². The van der Waals surface area contributed by atoms with Crippen molar-refractivity contribution in [2.24, 2.45) is 0 Å². The molecule has 0 aromatic heterocycles. The predicted octanol–water partition coefficient (Wildman–Crippen LogP) is 2.35. The number of hydrogen-bond donors (Lipinski definition) is 2. The smallest absolute Gasteiger partial charge is 0.267 e. The third-order valence-electron chi connectivity index (χ3n) is 3.60. The number of aldehydes is 1. The maximum absolute atomic E-state index is 12.5. The zero-order valence-corrected chi connectivity index (χ0v) is 14.4. The highest BCUT2D eigenvalue weighted by atomic mass is 16.2. The van der Waals surface area contributed by atoms with Gasteiger partial charge in [-0.25, -0.2) is 0 Å². The van der Waals surface area contributed by atoms with Crippen molar-refractivity contribution in [3.63, 3.8) is 0 Å². The highest BCUT2D eigenvalue weighted by Gasteiger charge is 2.08. The molecule has 1 amide bonds. The first-order chi connectivity index (χ1) is 12.7. The Hall–Kier alpha value is -3.47. The van der Waals surface area contributed by atoms with Crippen molar-refractivity contribution in [3.05, 3.63) is 89.1 Å². The average Bonchev–Trinajstić information content (AvgIpc) is 2.69. The molecule has 2 rings (SSSR count). The van der Waals surface area contributed by atoms with Gasteiger partial charge in [-0.1, -0.05) is 60.7 Å². The van der Waals surface area contributed by atoms with Crippen LogP contribution in [0.3, 0.4) is 0 Å². The fourth-order valence-electron chi connectivity index (χ4n) is 2.30. The minimum Gasteiger partial charge on any atom is -0.384 e. The number of allylic oxidation sites excluding steroid dienone is 2. The van der Waals surface area contributed by atoms with Crippen LogP contribution in [0, 0.1) is 0 Å². The molecule has 5 nitrogen and oxygen atoms in total. The quantitative estimate of drug-likeness (QED) is 0.332. The standard InChI is InChI=1S/C21H20N2O3/c1-22-19(21(26)23-13-14-24)12-6-8-16-7-5-11-18(15-16)20(25)17-9-3-2-4-10-17/h2-12,14-15,22H,13H2,1H3,(H,23,26)/b8-6+,19-12-. The summed E-state index contributed by atoms with van der Waals surface area (Å²) in [6.45, 7) is -0.0365. The Labute approximate surface area is 152 Å². The lowest BCUT2D eigenvalue weighted by atomic mass is 10.0. The van der Waals surface area contributed by atoms with Crippen molar-refractivity contribution in [1.82, 2.24) is 10.6 Å². The molecule has 0 radical (unpaired) electrons. The molecule has 132 valence electrons. The molecule has 2 N–H and O–H groups in total. The summed E-state index contributed by atoms with van der Waals surface area (Å²) in [7, 11) is 1.62. The van der Waals surface area contributed by atoms with Crippen LogP contribution < -0.4 is 10.6 Å². The third-order valence-corrected chi connectivity index (χ3v) is 3.60. The molecule has 0 saturated carbocycles. The van der Waals surface area contributed by atoms with Crippen LogP contribution in [0.2, 0.25) is 0 Å². The highest BCUT2D eigenvalue weighted by Crippen LogP contribution is 2.13. The van der Waals surface area contributed by atoms with Crippen LogP contribution >= 0.6 is 0 Å². The molecule has 0 aliphatic carbocycles. The zero-order chi connectivity index (χ0) is 18.8. The van der Waals surface area contributed by atoms with Gasteiger partial charge in [0.05, 0.1) is 12.2 Å². The molecular formula is C21H20N2O3. The van der Waals surface area contributed by atoms with E-state index >= 15 is 0 Å². The molecule has 26 heavy (non-hydrogen) atoms. The number of rotatable bonds is 8. The van der Waals surface area contributed by atoms with Gasteiger partial charge in [-0.2, -0.15) is 0 Å². The molecule has 0 fully saturated rings. The van der Waals surface area contributed by atoms with E-state index in [9.17, 15) is 14.4 Å². The van der Waals surface area contributed by atoms with E-state index in [4.69, 9.17) is 0 Å². The lowest BCUT2D eigenvalue weighted by Crippen LogP contribution is -2.31. The summed E-state index contributed by atoms with van der Waals surface area (Å²) in [6, 6.07) is 16.3. The molecule has 0 saturated heterocycles. The summed E-state index contributed by atoms with van der Waals surface area (Å²) >= 11 is 0. The van der Waals surface area contributed by atoms with Gasteiger partial charge in [-0.05, 0) is 17.7 Å². The summed E-state index contributed by atoms with van der Waals surface area (Å²) in [4.78, 5) is 34.6. The first-order valence-electron chi connectivity index (χ1n) is 8.13. The molecule has 0 atom stereocenters. The van der Waals surface area contributed by atoms with Gasteiger partial charge in [-0.15, -0.1) is 0 Å². The van der Waals surface area contributed by atoms with Gasteiger partial charge in [-0.3, -0.25) is 9.59 Å². The summed E-state index contributed by atoms with van der Waals surface area (Å²) in [6.07, 6.45) is 5.73. The van der Waals surface area contributed by atoms with E-state index in [-0.39, 0.29) is 18.2 Å². The largest absolute Gasteiger partial charge is 0.384 e. The second-order valence-corrected chi connectivity index (χ2v) is 5.39.